The third-order valence-electron chi connectivity index (χ3n) is 6.82. The van der Waals surface area contributed by atoms with E-state index in [2.05, 4.69) is 5.32 Å². The third kappa shape index (κ3) is 3.71. The van der Waals surface area contributed by atoms with E-state index >= 15 is 0 Å². The van der Waals surface area contributed by atoms with Crippen LogP contribution < -0.4 is 5.32 Å². The lowest BCUT2D eigenvalue weighted by molar-refractivity contribution is -0.140. The molecule has 1 atom stereocenters. The van der Waals surface area contributed by atoms with E-state index in [4.69, 9.17) is 0 Å². The smallest absolute Gasteiger partial charge is 0.256 e. The summed E-state index contributed by atoms with van der Waals surface area (Å²) in [5.74, 6) is -0.162. The van der Waals surface area contributed by atoms with E-state index in [9.17, 15) is 14.4 Å². The van der Waals surface area contributed by atoms with Crippen molar-refractivity contribution in [1.29, 1.82) is 0 Å². The number of piperazine rings is 1. The van der Waals surface area contributed by atoms with Gasteiger partial charge in [0.25, 0.3) is 5.91 Å². The molecule has 5 rings (SSSR count). The van der Waals surface area contributed by atoms with Gasteiger partial charge in [0.2, 0.25) is 11.8 Å². The lowest BCUT2D eigenvalue weighted by atomic mass is 9.88. The van der Waals surface area contributed by atoms with Gasteiger partial charge in [-0.2, -0.15) is 0 Å². The van der Waals surface area contributed by atoms with Crippen LogP contribution in [0.5, 0.6) is 0 Å². The maximum Gasteiger partial charge on any atom is 0.256 e. The minimum Gasteiger partial charge on any atom is -0.338 e. The van der Waals surface area contributed by atoms with Crippen molar-refractivity contribution in [2.75, 3.05) is 25.0 Å². The largest absolute Gasteiger partial charge is 0.338 e. The molecule has 0 radical (unpaired) electrons. The Balaban J connectivity index is 1.39. The summed E-state index contributed by atoms with van der Waals surface area (Å²) in [5.41, 5.74) is 3.00. The van der Waals surface area contributed by atoms with E-state index in [0.717, 1.165) is 36.8 Å². The topological polar surface area (TPSA) is 69.7 Å². The van der Waals surface area contributed by atoms with Crippen LogP contribution in [0.25, 0.3) is 11.1 Å². The fourth-order valence-electron chi connectivity index (χ4n) is 5.07. The number of rotatable bonds is 2. The van der Waals surface area contributed by atoms with E-state index in [1.165, 1.54) is 6.42 Å². The molecule has 3 amide bonds. The molecular weight excluding hydrogens is 390 g/mol. The quantitative estimate of drug-likeness (QED) is 0.813. The molecule has 1 unspecified atom stereocenters. The van der Waals surface area contributed by atoms with Crippen molar-refractivity contribution in [3.05, 3.63) is 54.1 Å². The molecule has 0 bridgehead atoms. The number of carbonyl (C=O) groups excluding carboxylic acids is 3. The monoisotopic (exact) mass is 417 g/mol. The summed E-state index contributed by atoms with van der Waals surface area (Å²) in [4.78, 5) is 42.9. The molecule has 0 aromatic heterocycles. The van der Waals surface area contributed by atoms with Gasteiger partial charge in [0.1, 0.15) is 6.04 Å². The molecule has 2 heterocycles. The average molecular weight is 418 g/mol. The molecule has 3 aliphatic rings. The number of hydrogen-bond donors (Lipinski definition) is 1. The number of amides is 3. The molecule has 2 aromatic carbocycles. The predicted molar refractivity (Wildman–Crippen MR) is 118 cm³/mol. The van der Waals surface area contributed by atoms with Crippen LogP contribution in [0, 0.1) is 5.92 Å². The maximum absolute atomic E-state index is 13.4. The van der Waals surface area contributed by atoms with Crippen LogP contribution in [-0.2, 0) is 9.59 Å². The van der Waals surface area contributed by atoms with Crippen LogP contribution in [0.3, 0.4) is 0 Å². The van der Waals surface area contributed by atoms with Crippen LogP contribution in [0.15, 0.2) is 48.5 Å². The molecule has 6 heteroatoms. The highest BCUT2D eigenvalue weighted by Crippen LogP contribution is 2.31. The second-order valence-electron chi connectivity index (χ2n) is 8.75. The molecule has 160 valence electrons. The number of hydrogen-bond acceptors (Lipinski definition) is 3. The second-order valence-corrected chi connectivity index (χ2v) is 8.75. The molecule has 2 aromatic rings. The Morgan fingerprint density at radius 3 is 2.45 bits per heavy atom. The van der Waals surface area contributed by atoms with Crippen molar-refractivity contribution < 1.29 is 14.4 Å². The van der Waals surface area contributed by atoms with Crippen molar-refractivity contribution in [3.8, 4) is 11.1 Å². The van der Waals surface area contributed by atoms with Gasteiger partial charge >= 0.3 is 0 Å². The van der Waals surface area contributed by atoms with Crippen molar-refractivity contribution in [2.45, 2.75) is 38.1 Å². The fraction of sp³-hybridized carbons (Fsp3) is 0.400. The lowest BCUT2D eigenvalue weighted by Crippen LogP contribution is -2.60. The Morgan fingerprint density at radius 1 is 0.903 bits per heavy atom. The van der Waals surface area contributed by atoms with Crippen molar-refractivity contribution in [3.63, 3.8) is 0 Å². The van der Waals surface area contributed by atoms with Crippen LogP contribution >= 0.6 is 0 Å². The van der Waals surface area contributed by atoms with E-state index in [1.54, 1.807) is 15.9 Å². The maximum atomic E-state index is 13.4. The van der Waals surface area contributed by atoms with Crippen LogP contribution in [0.4, 0.5) is 5.69 Å². The van der Waals surface area contributed by atoms with E-state index in [0.29, 0.717) is 24.3 Å². The first-order chi connectivity index (χ1) is 15.1. The van der Waals surface area contributed by atoms with Crippen molar-refractivity contribution >= 4 is 23.4 Å². The van der Waals surface area contributed by atoms with Gasteiger partial charge in [-0.3, -0.25) is 14.4 Å². The summed E-state index contributed by atoms with van der Waals surface area (Å²) in [6.45, 7) is 1.13. The molecule has 31 heavy (non-hydrogen) atoms. The zero-order chi connectivity index (χ0) is 21.4. The Hall–Kier alpha value is -3.15. The predicted octanol–water partition coefficient (Wildman–Crippen LogP) is 3.54. The zero-order valence-corrected chi connectivity index (χ0v) is 17.5. The highest BCUT2D eigenvalue weighted by atomic mass is 16.2. The number of nitrogens with one attached hydrogen (secondary N) is 1. The molecule has 2 aliphatic heterocycles. The molecule has 0 spiro atoms. The summed E-state index contributed by atoms with van der Waals surface area (Å²) in [5, 5.41) is 2.93. The number of benzene rings is 2. The first kappa shape index (κ1) is 19.8. The third-order valence-corrected chi connectivity index (χ3v) is 6.82. The highest BCUT2D eigenvalue weighted by Gasteiger charge is 2.41. The van der Waals surface area contributed by atoms with Gasteiger partial charge in [-0.1, -0.05) is 55.7 Å². The zero-order valence-electron chi connectivity index (χ0n) is 17.5. The molecule has 1 saturated carbocycles. The summed E-state index contributed by atoms with van der Waals surface area (Å²) in [7, 11) is 0. The number of nitrogens with zero attached hydrogens (tertiary/aromatic N) is 2. The Morgan fingerprint density at radius 2 is 1.68 bits per heavy atom. The van der Waals surface area contributed by atoms with E-state index < -0.39 is 6.04 Å². The van der Waals surface area contributed by atoms with Gasteiger partial charge in [-0.15, -0.1) is 0 Å². The van der Waals surface area contributed by atoms with E-state index in [-0.39, 0.29) is 30.2 Å². The van der Waals surface area contributed by atoms with Crippen LogP contribution in [-0.4, -0.2) is 53.2 Å². The Labute approximate surface area is 182 Å². The summed E-state index contributed by atoms with van der Waals surface area (Å²) in [6, 6.07) is 14.8. The standard InChI is InChI=1S/C25H27N3O3/c29-23-22-16-27(24(30)18-9-5-2-6-10-18)13-14-28(22)25(31)20-15-19(11-12-21(20)26-23)17-7-3-1-4-8-17/h1,3-4,7-8,11-12,15,18,22H,2,5-6,9-10,13-14,16H2,(H,26,29). The molecule has 1 N–H and O–H groups in total. The van der Waals surface area contributed by atoms with Gasteiger partial charge in [0, 0.05) is 19.0 Å². The summed E-state index contributed by atoms with van der Waals surface area (Å²) in [6.07, 6.45) is 5.25. The molecule has 1 aliphatic carbocycles. The minimum absolute atomic E-state index is 0.0652. The van der Waals surface area contributed by atoms with Gasteiger partial charge in [-0.25, -0.2) is 0 Å². The average Bonchev–Trinajstić information content (AvgIpc) is 2.93. The normalized spacial score (nSPS) is 21.7. The Bertz CT molecular complexity index is 1010. The fourth-order valence-corrected chi connectivity index (χ4v) is 5.07. The van der Waals surface area contributed by atoms with Gasteiger partial charge in [0.15, 0.2) is 0 Å². The number of anilines is 1. The van der Waals surface area contributed by atoms with Crippen molar-refractivity contribution in [1.82, 2.24) is 9.80 Å². The van der Waals surface area contributed by atoms with Gasteiger partial charge < -0.3 is 15.1 Å². The lowest BCUT2D eigenvalue weighted by Gasteiger charge is -2.40. The molecule has 1 saturated heterocycles. The van der Waals surface area contributed by atoms with E-state index in [1.807, 2.05) is 42.5 Å². The number of carbonyl (C=O) groups is 3. The SMILES string of the molecule is O=C1Nc2ccc(-c3ccccc3)cc2C(=O)N2CCN(C(=O)C3CCCCC3)CC12. The van der Waals surface area contributed by atoms with Gasteiger partial charge in [0.05, 0.1) is 17.8 Å². The molecular formula is C25H27N3O3. The van der Waals surface area contributed by atoms with Gasteiger partial charge in [-0.05, 0) is 36.1 Å². The first-order valence-corrected chi connectivity index (χ1v) is 11.2. The molecule has 6 nitrogen and oxygen atoms in total. The summed E-state index contributed by atoms with van der Waals surface area (Å²) < 4.78 is 0. The first-order valence-electron chi connectivity index (χ1n) is 11.2. The number of fused-ring (bicyclic) bond motifs is 2. The molecule has 2 fully saturated rings. The van der Waals surface area contributed by atoms with Crippen molar-refractivity contribution in [2.24, 2.45) is 5.92 Å². The summed E-state index contributed by atoms with van der Waals surface area (Å²) >= 11 is 0. The minimum atomic E-state index is -0.652. The highest BCUT2D eigenvalue weighted by molar-refractivity contribution is 6.10. The second kappa shape index (κ2) is 8.17. The van der Waals surface area contributed by atoms with Crippen LogP contribution in [0.2, 0.25) is 0 Å². The Kier molecular flexibility index (Phi) is 5.22. The van der Waals surface area contributed by atoms with Crippen LogP contribution in [0.1, 0.15) is 42.5 Å².